The fourth-order valence-corrected chi connectivity index (χ4v) is 6.93. The highest BCUT2D eigenvalue weighted by atomic mass is 35.5. The smallest absolute Gasteiger partial charge is 0.407 e. The molecule has 196 valence electrons. The predicted octanol–water partition coefficient (Wildman–Crippen LogP) is 4.74. The lowest BCUT2D eigenvalue weighted by Crippen LogP contribution is -2.53. The van der Waals surface area contributed by atoms with E-state index in [1.54, 1.807) is 6.20 Å². The number of piperazine rings is 1. The minimum atomic E-state index is -0.921. The maximum atomic E-state index is 13.0. The Hall–Kier alpha value is -2.80. The quantitative estimate of drug-likeness (QED) is 0.443. The summed E-state index contributed by atoms with van der Waals surface area (Å²) < 4.78 is 0. The van der Waals surface area contributed by atoms with Crippen molar-refractivity contribution in [1.29, 1.82) is 0 Å². The van der Waals surface area contributed by atoms with Crippen molar-refractivity contribution in [2.75, 3.05) is 36.4 Å². The van der Waals surface area contributed by atoms with Crippen LogP contribution in [0.2, 0.25) is 5.02 Å². The second-order valence-corrected chi connectivity index (χ2v) is 11.8. The van der Waals surface area contributed by atoms with E-state index >= 15 is 0 Å². The second-order valence-electron chi connectivity index (χ2n) is 9.37. The molecule has 3 aromatic rings. The van der Waals surface area contributed by atoms with Crippen LogP contribution >= 0.6 is 34.3 Å². The van der Waals surface area contributed by atoms with Gasteiger partial charge < -0.3 is 14.9 Å². The molecule has 2 saturated heterocycles. The Bertz CT molecular complexity index is 1280. The first-order valence-corrected chi connectivity index (χ1v) is 14.2. The number of hydrogen-bond acceptors (Lipinski definition) is 9. The molecule has 2 amide bonds. The maximum absolute atomic E-state index is 13.0. The third kappa shape index (κ3) is 5.71. The van der Waals surface area contributed by atoms with Gasteiger partial charge in [-0.1, -0.05) is 22.9 Å². The molecule has 3 aromatic heterocycles. The third-order valence-corrected chi connectivity index (χ3v) is 9.06. The van der Waals surface area contributed by atoms with E-state index < -0.39 is 6.09 Å². The number of anilines is 2. The number of rotatable bonds is 6. The molecule has 2 aliphatic rings. The fraction of sp³-hybridized carbons (Fsp3) is 0.458. The average Bonchev–Trinajstić information content (AvgIpc) is 3.59. The lowest BCUT2D eigenvalue weighted by Gasteiger charge is -2.39. The molecule has 0 bridgehead atoms. The van der Waals surface area contributed by atoms with Crippen molar-refractivity contribution in [3.05, 3.63) is 39.4 Å². The number of carbonyl (C=O) groups is 2. The minimum absolute atomic E-state index is 0.0462. The SMILES string of the molecule is C[C@@H]1CCCN1Cc1sc(NC(=O)c2cnc(N3CCN(C(=O)O)C[C@H]3C)cn2)nc1-c1cc(Cl)cs1. The van der Waals surface area contributed by atoms with E-state index in [2.05, 4.69) is 27.1 Å². The summed E-state index contributed by atoms with van der Waals surface area (Å²) in [4.78, 5) is 45.6. The van der Waals surface area contributed by atoms with Crippen LogP contribution < -0.4 is 10.2 Å². The first kappa shape index (κ1) is 25.8. The van der Waals surface area contributed by atoms with Gasteiger partial charge in [-0.3, -0.25) is 15.0 Å². The molecule has 2 atom stereocenters. The number of aromatic nitrogens is 3. The van der Waals surface area contributed by atoms with Gasteiger partial charge in [-0.15, -0.1) is 11.3 Å². The van der Waals surface area contributed by atoms with E-state index in [4.69, 9.17) is 16.6 Å². The molecule has 0 spiro atoms. The number of thiophene rings is 1. The molecule has 0 radical (unpaired) electrons. The summed E-state index contributed by atoms with van der Waals surface area (Å²) in [7, 11) is 0. The zero-order valence-electron chi connectivity index (χ0n) is 20.6. The van der Waals surface area contributed by atoms with E-state index in [1.165, 1.54) is 46.6 Å². The summed E-state index contributed by atoms with van der Waals surface area (Å²) in [5.41, 5.74) is 1.04. The highest BCUT2D eigenvalue weighted by molar-refractivity contribution is 7.17. The molecular formula is C24H28ClN7O3S2. The van der Waals surface area contributed by atoms with Crippen molar-refractivity contribution < 1.29 is 14.7 Å². The number of hydrogen-bond donors (Lipinski definition) is 2. The van der Waals surface area contributed by atoms with Crippen LogP contribution in [0.15, 0.2) is 23.8 Å². The van der Waals surface area contributed by atoms with Crippen molar-refractivity contribution in [1.82, 2.24) is 24.8 Å². The molecule has 5 rings (SSSR count). The topological polar surface area (TPSA) is 115 Å². The number of nitrogens with zero attached hydrogens (tertiary/aromatic N) is 6. The van der Waals surface area contributed by atoms with Crippen molar-refractivity contribution >= 4 is 57.2 Å². The molecule has 37 heavy (non-hydrogen) atoms. The molecule has 0 saturated carbocycles. The second kappa shape index (κ2) is 10.9. The maximum Gasteiger partial charge on any atom is 0.407 e. The van der Waals surface area contributed by atoms with Crippen molar-refractivity contribution in [2.24, 2.45) is 0 Å². The molecule has 13 heteroatoms. The van der Waals surface area contributed by atoms with Crippen LogP contribution in [0.25, 0.3) is 10.6 Å². The van der Waals surface area contributed by atoms with Crippen molar-refractivity contribution in [3.8, 4) is 10.6 Å². The van der Waals surface area contributed by atoms with Gasteiger partial charge in [0.2, 0.25) is 0 Å². The largest absolute Gasteiger partial charge is 0.465 e. The van der Waals surface area contributed by atoms with Gasteiger partial charge in [-0.05, 0) is 39.3 Å². The van der Waals surface area contributed by atoms with Crippen molar-refractivity contribution in [2.45, 2.75) is 45.3 Å². The van der Waals surface area contributed by atoms with Gasteiger partial charge >= 0.3 is 6.09 Å². The lowest BCUT2D eigenvalue weighted by atomic mass is 10.2. The molecule has 0 aliphatic carbocycles. The Morgan fingerprint density at radius 3 is 2.65 bits per heavy atom. The van der Waals surface area contributed by atoms with Crippen LogP contribution in [0, 0.1) is 0 Å². The first-order valence-electron chi connectivity index (χ1n) is 12.1. The number of likely N-dealkylation sites (tertiary alicyclic amines) is 1. The number of halogens is 1. The number of carbonyl (C=O) groups excluding carboxylic acids is 1. The molecular weight excluding hydrogens is 534 g/mol. The normalized spacial score (nSPS) is 20.4. The van der Waals surface area contributed by atoms with Gasteiger partial charge in [0.05, 0.1) is 28.0 Å². The molecule has 2 aliphatic heterocycles. The van der Waals surface area contributed by atoms with Crippen LogP contribution in [0.5, 0.6) is 0 Å². The first-order chi connectivity index (χ1) is 17.8. The zero-order valence-corrected chi connectivity index (χ0v) is 22.9. The number of thiazole rings is 1. The average molecular weight is 562 g/mol. The molecule has 5 heterocycles. The summed E-state index contributed by atoms with van der Waals surface area (Å²) in [5, 5.41) is 15.2. The molecule has 2 N–H and O–H groups in total. The Kier molecular flexibility index (Phi) is 7.61. The molecule has 2 fully saturated rings. The highest BCUT2D eigenvalue weighted by Crippen LogP contribution is 2.37. The molecule has 0 unspecified atom stereocenters. The van der Waals surface area contributed by atoms with E-state index in [0.717, 1.165) is 28.5 Å². The summed E-state index contributed by atoms with van der Waals surface area (Å²) in [6.07, 6.45) is 4.46. The van der Waals surface area contributed by atoms with E-state index in [-0.39, 0.29) is 17.6 Å². The van der Waals surface area contributed by atoms with Crippen molar-refractivity contribution in [3.63, 3.8) is 0 Å². The number of amides is 2. The van der Waals surface area contributed by atoms with Crippen LogP contribution in [0.1, 0.15) is 42.1 Å². The highest BCUT2D eigenvalue weighted by Gasteiger charge is 2.28. The van der Waals surface area contributed by atoms with Gasteiger partial charge in [-0.25, -0.2) is 19.7 Å². The van der Waals surface area contributed by atoms with Gasteiger partial charge in [-0.2, -0.15) is 0 Å². The third-order valence-electron chi connectivity index (χ3n) is 6.82. The van der Waals surface area contributed by atoms with E-state index in [9.17, 15) is 14.7 Å². The summed E-state index contributed by atoms with van der Waals surface area (Å²) in [6.45, 7) is 7.31. The summed E-state index contributed by atoms with van der Waals surface area (Å²) in [5.74, 6) is 0.232. The minimum Gasteiger partial charge on any atom is -0.465 e. The van der Waals surface area contributed by atoms with Crippen LogP contribution in [-0.2, 0) is 6.54 Å². The predicted molar refractivity (Wildman–Crippen MR) is 146 cm³/mol. The molecule has 10 nitrogen and oxygen atoms in total. The van der Waals surface area contributed by atoms with Gasteiger partial charge in [0.15, 0.2) is 5.13 Å². The Morgan fingerprint density at radius 2 is 2.03 bits per heavy atom. The van der Waals surface area contributed by atoms with Crippen LogP contribution in [0.4, 0.5) is 15.7 Å². The summed E-state index contributed by atoms with van der Waals surface area (Å²) in [6, 6.07) is 2.38. The van der Waals surface area contributed by atoms with Crippen LogP contribution in [-0.4, -0.2) is 80.1 Å². The molecule has 0 aromatic carbocycles. The van der Waals surface area contributed by atoms with Gasteiger partial charge in [0.1, 0.15) is 11.5 Å². The fourth-order valence-electron chi connectivity index (χ4n) is 4.77. The number of carboxylic acid groups (broad SMARTS) is 1. The van der Waals surface area contributed by atoms with Gasteiger partial charge in [0, 0.05) is 48.5 Å². The standard InChI is InChI=1S/C24H28ClN7O3S2/c1-14-4-3-5-30(14)12-19-21(18-8-16(25)13-36-18)28-23(37-19)29-22(33)17-9-27-20(10-26-17)32-7-6-31(24(34)35)11-15(32)2/h8-10,13-15H,3-7,11-12H2,1-2H3,(H,34,35)(H,28,29,33)/t14-,15-/m1/s1. The number of nitrogens with one attached hydrogen (secondary N) is 1. The zero-order chi connectivity index (χ0) is 26.1. The Labute approximate surface area is 227 Å². The Morgan fingerprint density at radius 1 is 1.19 bits per heavy atom. The summed E-state index contributed by atoms with van der Waals surface area (Å²) >= 11 is 9.20. The lowest BCUT2D eigenvalue weighted by molar-refractivity contribution is 0.102. The monoisotopic (exact) mass is 561 g/mol. The Balaban J connectivity index is 1.30. The van der Waals surface area contributed by atoms with E-state index in [0.29, 0.717) is 41.6 Å². The van der Waals surface area contributed by atoms with Gasteiger partial charge in [0.25, 0.3) is 5.91 Å². The van der Waals surface area contributed by atoms with E-state index in [1.807, 2.05) is 23.3 Å². The van der Waals surface area contributed by atoms with Crippen LogP contribution in [0.3, 0.4) is 0 Å².